The van der Waals surface area contributed by atoms with Gasteiger partial charge in [0.2, 0.25) is 5.83 Å². The van der Waals surface area contributed by atoms with Gasteiger partial charge in [-0.2, -0.15) is 79.0 Å². The Hall–Kier alpha value is -0.560. The van der Waals surface area contributed by atoms with E-state index < -0.39 is 53.6 Å². The zero-order chi connectivity index (χ0) is 22.7. The molecular formula is C9F18NaO. The molecule has 0 saturated heterocycles. The normalized spacial score (nSPS) is 14.7. The molecule has 169 valence electrons. The molecule has 1 nitrogen and oxygen atoms in total. The third-order valence-electron chi connectivity index (χ3n) is 2.77. The fourth-order valence-corrected chi connectivity index (χ4v) is 1.22. The van der Waals surface area contributed by atoms with Crippen molar-refractivity contribution < 1.29 is 84.5 Å². The molecule has 29 heavy (non-hydrogen) atoms. The van der Waals surface area contributed by atoms with Crippen LogP contribution in [-0.2, 0) is 5.48 Å². The van der Waals surface area contributed by atoms with E-state index in [1.807, 2.05) is 0 Å². The van der Waals surface area contributed by atoms with Crippen LogP contribution >= 0.6 is 0 Å². The van der Waals surface area contributed by atoms with Crippen LogP contribution in [0.5, 0.6) is 0 Å². The molecule has 0 aromatic rings. The maximum absolute atomic E-state index is 12.9. The molecule has 0 aliphatic carbocycles. The summed E-state index contributed by atoms with van der Waals surface area (Å²) in [5.74, 6) is -54.9. The van der Waals surface area contributed by atoms with Gasteiger partial charge < -0.3 is 0 Å². The Bertz CT molecular complexity index is 599. The van der Waals surface area contributed by atoms with Crippen LogP contribution in [-0.4, -0.2) is 71.3 Å². The zero-order valence-electron chi connectivity index (χ0n) is 12.7. The minimum absolute atomic E-state index is 0. The first kappa shape index (κ1) is 33.1. The molecule has 0 unspecified atom stereocenters. The molecule has 0 amide bonds. The zero-order valence-corrected chi connectivity index (χ0v) is 14.7. The van der Waals surface area contributed by atoms with Crippen molar-refractivity contribution in [3.05, 3.63) is 11.9 Å². The Balaban J connectivity index is -0.00000338. The van der Waals surface area contributed by atoms with Crippen LogP contribution in [0.15, 0.2) is 11.9 Å². The summed E-state index contributed by atoms with van der Waals surface area (Å²) in [6, 6.07) is 0. The van der Waals surface area contributed by atoms with E-state index in [2.05, 4.69) is 0 Å². The van der Waals surface area contributed by atoms with Crippen molar-refractivity contribution in [1.29, 1.82) is 0 Å². The van der Waals surface area contributed by atoms with E-state index in [-0.39, 0.29) is 35.0 Å². The monoisotopic (exact) mass is 489 g/mol. The van der Waals surface area contributed by atoms with Gasteiger partial charge in [-0.15, -0.1) is 0 Å². The SMILES string of the molecule is FC(F)=C(F)C(F)(F)C(F)(F)C(F)(F)C(F)(F)C(F)(F)C(F)(F)C(F)(F)F.[Na].[O]. The molecule has 0 aliphatic heterocycles. The number of rotatable bonds is 6. The fraction of sp³-hybridized carbons (Fsp3) is 0.778. The molecule has 0 N–H and O–H groups in total. The van der Waals surface area contributed by atoms with Crippen molar-refractivity contribution in [2.45, 2.75) is 41.7 Å². The number of hydrogen-bond donors (Lipinski definition) is 0. The average Bonchev–Trinajstić information content (AvgIpc) is 2.43. The van der Waals surface area contributed by atoms with Gasteiger partial charge in [-0.25, -0.2) is 0 Å². The van der Waals surface area contributed by atoms with Crippen LogP contribution in [0.2, 0.25) is 0 Å². The molecule has 0 rings (SSSR count). The fourth-order valence-electron chi connectivity index (χ4n) is 1.22. The molecule has 0 heterocycles. The largest absolute Gasteiger partial charge is 0.460 e. The quantitative estimate of drug-likeness (QED) is 0.327. The van der Waals surface area contributed by atoms with Crippen molar-refractivity contribution in [2.75, 3.05) is 0 Å². The van der Waals surface area contributed by atoms with Crippen molar-refractivity contribution >= 4 is 29.6 Å². The smallest absolute Gasteiger partial charge is 0.199 e. The number of alkyl halides is 15. The summed E-state index contributed by atoms with van der Waals surface area (Å²) in [4.78, 5) is 0. The summed E-state index contributed by atoms with van der Waals surface area (Å²) in [5.41, 5.74) is 0. The van der Waals surface area contributed by atoms with Crippen LogP contribution in [0.1, 0.15) is 0 Å². The van der Waals surface area contributed by atoms with Gasteiger partial charge in [-0.3, -0.25) is 0 Å². The maximum Gasteiger partial charge on any atom is 0.460 e. The molecule has 0 atom stereocenters. The van der Waals surface area contributed by atoms with Crippen molar-refractivity contribution in [2.24, 2.45) is 0 Å². The number of allylic oxidation sites excluding steroid dienone is 1. The third kappa shape index (κ3) is 4.41. The summed E-state index contributed by atoms with van der Waals surface area (Å²) < 4.78 is 223. The standard InChI is InChI=1S/C9F18.Na.O/c10-1(2(11)12)3(13,14)4(15,16)5(17,18)6(19,20)7(21,22)8(23,24)9(25,26)27;;. The molecule has 0 aromatic heterocycles. The molecule has 0 aliphatic rings. The van der Waals surface area contributed by atoms with Gasteiger partial charge in [-0.05, 0) is 0 Å². The van der Waals surface area contributed by atoms with Crippen LogP contribution in [0.3, 0.4) is 0 Å². The maximum atomic E-state index is 12.9. The van der Waals surface area contributed by atoms with Gasteiger partial charge in [0.15, 0.2) is 0 Å². The predicted molar refractivity (Wildman–Crippen MR) is 52.5 cm³/mol. The van der Waals surface area contributed by atoms with E-state index in [4.69, 9.17) is 0 Å². The van der Waals surface area contributed by atoms with E-state index in [1.165, 1.54) is 0 Å². The summed E-state index contributed by atoms with van der Waals surface area (Å²) in [5, 5.41) is 0. The van der Waals surface area contributed by atoms with E-state index in [9.17, 15) is 79.0 Å². The first-order valence-electron chi connectivity index (χ1n) is 5.40. The van der Waals surface area contributed by atoms with Crippen LogP contribution in [0, 0.1) is 0 Å². The van der Waals surface area contributed by atoms with Gasteiger partial charge in [-0.1, -0.05) is 0 Å². The van der Waals surface area contributed by atoms with Crippen LogP contribution < -0.4 is 0 Å². The number of halogens is 18. The second-order valence-electron chi connectivity index (χ2n) is 4.52. The molecule has 0 spiro atoms. The molecule has 0 fully saturated rings. The first-order chi connectivity index (χ1) is 11.4. The first-order valence-corrected chi connectivity index (χ1v) is 5.40. The minimum atomic E-state index is -8.65. The summed E-state index contributed by atoms with van der Waals surface area (Å²) in [7, 11) is 0. The van der Waals surface area contributed by atoms with E-state index >= 15 is 0 Å². The second kappa shape index (κ2) is 8.52. The van der Waals surface area contributed by atoms with E-state index in [0.717, 1.165) is 0 Å². The molecule has 20 heteroatoms. The number of hydrogen-bond acceptors (Lipinski definition) is 0. The van der Waals surface area contributed by atoms with Crippen molar-refractivity contribution in [3.8, 4) is 0 Å². The Labute approximate surface area is 168 Å². The minimum Gasteiger partial charge on any atom is -0.199 e. The van der Waals surface area contributed by atoms with Gasteiger partial charge in [0.05, 0.1) is 0 Å². The Kier molecular flexibility index (Phi) is 9.72. The van der Waals surface area contributed by atoms with Crippen LogP contribution in [0.4, 0.5) is 79.0 Å². The van der Waals surface area contributed by atoms with Crippen molar-refractivity contribution in [1.82, 2.24) is 0 Å². The van der Waals surface area contributed by atoms with Gasteiger partial charge in [0.1, 0.15) is 0 Å². The molecular weight excluding hydrogens is 489 g/mol. The van der Waals surface area contributed by atoms with Gasteiger partial charge in [0, 0.05) is 35.0 Å². The molecule has 0 aromatic carbocycles. The average molecular weight is 489 g/mol. The van der Waals surface area contributed by atoms with Crippen molar-refractivity contribution in [3.63, 3.8) is 0 Å². The Morgan fingerprint density at radius 2 is 0.655 bits per heavy atom. The summed E-state index contributed by atoms with van der Waals surface area (Å²) in [6.45, 7) is 0. The summed E-state index contributed by atoms with van der Waals surface area (Å²) >= 11 is 0. The molecule has 3 radical (unpaired) electrons. The van der Waals surface area contributed by atoms with Gasteiger partial charge in [0.25, 0.3) is 0 Å². The molecule has 0 bridgehead atoms. The Morgan fingerprint density at radius 3 is 0.897 bits per heavy atom. The van der Waals surface area contributed by atoms with Gasteiger partial charge >= 0.3 is 47.8 Å². The molecule has 0 saturated carbocycles. The Morgan fingerprint density at radius 1 is 0.414 bits per heavy atom. The van der Waals surface area contributed by atoms with E-state index in [1.54, 1.807) is 0 Å². The van der Waals surface area contributed by atoms with E-state index in [0.29, 0.717) is 0 Å². The third-order valence-corrected chi connectivity index (χ3v) is 2.77. The van der Waals surface area contributed by atoms with Crippen LogP contribution in [0.25, 0.3) is 0 Å². The summed E-state index contributed by atoms with van der Waals surface area (Å²) in [6.07, 6.45) is -12.3. The topological polar surface area (TPSA) is 28.5 Å². The predicted octanol–water partition coefficient (Wildman–Crippen LogP) is 5.94. The second-order valence-corrected chi connectivity index (χ2v) is 4.52.